The molecule has 0 spiro atoms. The molecule has 0 radical (unpaired) electrons. The SMILES string of the molecule is CC1CN(C(=O)CN2CCc3sccc3C2c2ccccc2)CCN1C(=O)CCC1CCCC1. The second-order valence-electron chi connectivity index (χ2n) is 10.3. The van der Waals surface area contributed by atoms with Crippen LogP contribution in [0.1, 0.15) is 67.5 Å². The zero-order valence-corrected chi connectivity index (χ0v) is 21.1. The molecule has 1 aliphatic carbocycles. The van der Waals surface area contributed by atoms with Crippen LogP contribution in [-0.4, -0.2) is 65.3 Å². The van der Waals surface area contributed by atoms with Crippen LogP contribution in [-0.2, 0) is 16.0 Å². The molecular weight excluding hydrogens is 442 g/mol. The first-order valence-corrected chi connectivity index (χ1v) is 13.9. The van der Waals surface area contributed by atoms with E-state index in [0.717, 1.165) is 25.3 Å². The van der Waals surface area contributed by atoms with Gasteiger partial charge in [-0.25, -0.2) is 0 Å². The molecule has 1 aromatic heterocycles. The number of piperazine rings is 1. The zero-order chi connectivity index (χ0) is 23.5. The van der Waals surface area contributed by atoms with Crippen molar-refractivity contribution in [3.8, 4) is 0 Å². The van der Waals surface area contributed by atoms with Crippen LogP contribution in [0.2, 0.25) is 0 Å². The van der Waals surface area contributed by atoms with E-state index in [2.05, 4.69) is 47.5 Å². The maximum Gasteiger partial charge on any atom is 0.236 e. The molecule has 1 saturated carbocycles. The highest BCUT2D eigenvalue weighted by atomic mass is 32.1. The minimum atomic E-state index is 0.0866. The quantitative estimate of drug-likeness (QED) is 0.602. The molecule has 2 atom stereocenters. The second kappa shape index (κ2) is 10.6. The Morgan fingerprint density at radius 1 is 1.00 bits per heavy atom. The molecule has 2 fully saturated rings. The van der Waals surface area contributed by atoms with Crippen molar-refractivity contribution in [2.75, 3.05) is 32.7 Å². The molecule has 5 nitrogen and oxygen atoms in total. The predicted octanol–water partition coefficient (Wildman–Crippen LogP) is 4.73. The lowest BCUT2D eigenvalue weighted by atomic mass is 9.93. The van der Waals surface area contributed by atoms with Crippen molar-refractivity contribution < 1.29 is 9.59 Å². The van der Waals surface area contributed by atoms with Gasteiger partial charge >= 0.3 is 0 Å². The van der Waals surface area contributed by atoms with Crippen molar-refractivity contribution in [2.45, 2.75) is 64.0 Å². The van der Waals surface area contributed by atoms with E-state index in [-0.39, 0.29) is 23.9 Å². The van der Waals surface area contributed by atoms with Crippen LogP contribution in [0, 0.1) is 5.92 Å². The summed E-state index contributed by atoms with van der Waals surface area (Å²) in [5, 5.41) is 2.18. The van der Waals surface area contributed by atoms with Gasteiger partial charge in [0.05, 0.1) is 12.6 Å². The number of carbonyl (C=O) groups is 2. The molecular formula is C28H37N3O2S. The van der Waals surface area contributed by atoms with E-state index in [1.165, 1.54) is 41.7 Å². The van der Waals surface area contributed by atoms with Gasteiger partial charge in [0.1, 0.15) is 0 Å². The first-order chi connectivity index (χ1) is 16.6. The highest BCUT2D eigenvalue weighted by Crippen LogP contribution is 2.37. The van der Waals surface area contributed by atoms with E-state index in [9.17, 15) is 9.59 Å². The standard InChI is InChI=1S/C28H37N3O2S/c1-21-19-29(16-17-31(21)26(32)12-11-22-7-5-6-8-22)27(33)20-30-15-13-25-24(14-18-34-25)28(30)23-9-3-2-4-10-23/h2-4,9-10,14,18,21-22,28H,5-8,11-13,15-17,19-20H2,1H3. The lowest BCUT2D eigenvalue weighted by molar-refractivity contribution is -0.143. The number of amides is 2. The fourth-order valence-corrected chi connectivity index (χ4v) is 7.07. The van der Waals surface area contributed by atoms with Gasteiger partial charge in [-0.1, -0.05) is 56.0 Å². The Hall–Kier alpha value is -2.18. The van der Waals surface area contributed by atoms with E-state index in [0.29, 0.717) is 32.6 Å². The summed E-state index contributed by atoms with van der Waals surface area (Å²) in [5.41, 5.74) is 2.60. The summed E-state index contributed by atoms with van der Waals surface area (Å²) in [6.45, 7) is 5.37. The molecule has 1 aromatic carbocycles. The number of fused-ring (bicyclic) bond motifs is 1. The van der Waals surface area contributed by atoms with Crippen LogP contribution >= 0.6 is 11.3 Å². The summed E-state index contributed by atoms with van der Waals surface area (Å²) in [5.74, 6) is 1.20. The molecule has 2 aliphatic heterocycles. The van der Waals surface area contributed by atoms with Crippen LogP contribution in [0.5, 0.6) is 0 Å². The number of benzene rings is 1. The third kappa shape index (κ3) is 5.08. The number of rotatable bonds is 6. The van der Waals surface area contributed by atoms with Crippen molar-refractivity contribution in [3.63, 3.8) is 0 Å². The molecule has 2 amide bonds. The van der Waals surface area contributed by atoms with E-state index in [1.807, 2.05) is 27.2 Å². The second-order valence-corrected chi connectivity index (χ2v) is 11.3. The molecule has 5 rings (SSSR count). The normalized spacial score (nSPS) is 23.8. The largest absolute Gasteiger partial charge is 0.338 e. The molecule has 182 valence electrons. The van der Waals surface area contributed by atoms with E-state index >= 15 is 0 Å². The van der Waals surface area contributed by atoms with Gasteiger partial charge in [0.15, 0.2) is 0 Å². The van der Waals surface area contributed by atoms with Gasteiger partial charge in [0.25, 0.3) is 0 Å². The molecule has 6 heteroatoms. The zero-order valence-electron chi connectivity index (χ0n) is 20.3. The number of thiophene rings is 1. The summed E-state index contributed by atoms with van der Waals surface area (Å²) in [6.07, 6.45) is 7.93. The molecule has 2 unspecified atom stereocenters. The molecule has 34 heavy (non-hydrogen) atoms. The van der Waals surface area contributed by atoms with Crippen LogP contribution in [0.4, 0.5) is 0 Å². The monoisotopic (exact) mass is 479 g/mol. The van der Waals surface area contributed by atoms with E-state index in [1.54, 1.807) is 0 Å². The van der Waals surface area contributed by atoms with E-state index < -0.39 is 0 Å². The highest BCUT2D eigenvalue weighted by molar-refractivity contribution is 7.10. The number of nitrogens with zero attached hydrogens (tertiary/aromatic N) is 3. The summed E-state index contributed by atoms with van der Waals surface area (Å²) in [7, 11) is 0. The van der Waals surface area contributed by atoms with Gasteiger partial charge in [-0.05, 0) is 48.3 Å². The summed E-state index contributed by atoms with van der Waals surface area (Å²) in [4.78, 5) is 34.0. The smallest absolute Gasteiger partial charge is 0.236 e. The van der Waals surface area contributed by atoms with Crippen molar-refractivity contribution in [1.82, 2.24) is 14.7 Å². The van der Waals surface area contributed by atoms with Gasteiger partial charge in [-0.2, -0.15) is 0 Å². The lowest BCUT2D eigenvalue weighted by Crippen LogP contribution is -2.57. The van der Waals surface area contributed by atoms with Crippen molar-refractivity contribution >= 4 is 23.2 Å². The Balaban J connectivity index is 1.19. The van der Waals surface area contributed by atoms with Gasteiger partial charge in [0.2, 0.25) is 11.8 Å². The predicted molar refractivity (Wildman–Crippen MR) is 137 cm³/mol. The first kappa shape index (κ1) is 23.6. The Bertz CT molecular complexity index is 985. The van der Waals surface area contributed by atoms with Crippen molar-refractivity contribution in [1.29, 1.82) is 0 Å². The first-order valence-electron chi connectivity index (χ1n) is 13.0. The molecule has 1 saturated heterocycles. The number of carbonyl (C=O) groups excluding carboxylic acids is 2. The average molecular weight is 480 g/mol. The number of hydrogen-bond acceptors (Lipinski definition) is 4. The maximum absolute atomic E-state index is 13.4. The summed E-state index contributed by atoms with van der Waals surface area (Å²) < 4.78 is 0. The van der Waals surface area contributed by atoms with Gasteiger partial charge in [-0.15, -0.1) is 11.3 Å². The minimum absolute atomic E-state index is 0.0866. The van der Waals surface area contributed by atoms with Gasteiger partial charge in [0, 0.05) is 43.5 Å². The molecule has 0 bridgehead atoms. The Labute approximate surface area is 207 Å². The molecule has 2 aromatic rings. The Kier molecular flexibility index (Phi) is 7.35. The summed E-state index contributed by atoms with van der Waals surface area (Å²) >= 11 is 1.83. The third-order valence-electron chi connectivity index (χ3n) is 8.06. The van der Waals surface area contributed by atoms with Gasteiger partial charge in [-0.3, -0.25) is 14.5 Å². The fourth-order valence-electron chi connectivity index (χ4n) is 6.16. The van der Waals surface area contributed by atoms with Crippen molar-refractivity contribution in [2.24, 2.45) is 5.92 Å². The Morgan fingerprint density at radius 3 is 2.56 bits per heavy atom. The maximum atomic E-state index is 13.4. The summed E-state index contributed by atoms with van der Waals surface area (Å²) in [6, 6.07) is 13.0. The van der Waals surface area contributed by atoms with Crippen LogP contribution in [0.25, 0.3) is 0 Å². The molecule has 3 heterocycles. The van der Waals surface area contributed by atoms with E-state index in [4.69, 9.17) is 0 Å². The Morgan fingerprint density at radius 2 is 1.79 bits per heavy atom. The van der Waals surface area contributed by atoms with Crippen LogP contribution in [0.3, 0.4) is 0 Å². The molecule has 0 N–H and O–H groups in total. The van der Waals surface area contributed by atoms with Gasteiger partial charge < -0.3 is 9.80 Å². The highest BCUT2D eigenvalue weighted by Gasteiger charge is 2.34. The lowest BCUT2D eigenvalue weighted by Gasteiger charge is -2.42. The third-order valence-corrected chi connectivity index (χ3v) is 9.06. The van der Waals surface area contributed by atoms with Crippen molar-refractivity contribution in [3.05, 3.63) is 57.8 Å². The average Bonchev–Trinajstić information content (AvgIpc) is 3.55. The van der Waals surface area contributed by atoms with Crippen LogP contribution in [0.15, 0.2) is 41.8 Å². The van der Waals surface area contributed by atoms with Crippen LogP contribution < -0.4 is 0 Å². The minimum Gasteiger partial charge on any atom is -0.338 e. The number of hydrogen-bond donors (Lipinski definition) is 0. The molecule has 3 aliphatic rings. The fraction of sp³-hybridized carbons (Fsp3) is 0.571. The topological polar surface area (TPSA) is 43.9 Å².